The van der Waals surface area contributed by atoms with E-state index in [9.17, 15) is 0 Å². The number of hydrogen-bond acceptors (Lipinski definition) is 1. The van der Waals surface area contributed by atoms with Crippen LogP contribution in [0.1, 0.15) is 74.9 Å². The maximum absolute atomic E-state index is 3.89. The molecule has 1 aromatic carbocycles. The summed E-state index contributed by atoms with van der Waals surface area (Å²) in [7, 11) is 0. The van der Waals surface area contributed by atoms with Crippen molar-refractivity contribution < 1.29 is 0 Å². The minimum atomic E-state index is 1.08. The normalized spacial score (nSPS) is 10.0. The van der Waals surface area contributed by atoms with Gasteiger partial charge >= 0.3 is 0 Å². The van der Waals surface area contributed by atoms with Crippen molar-refractivity contribution in [1.82, 2.24) is 0 Å². The second-order valence-electron chi connectivity index (χ2n) is 4.69. The Labute approximate surface area is 188 Å². The van der Waals surface area contributed by atoms with Gasteiger partial charge in [-0.1, -0.05) is 91.1 Å². The second kappa shape index (κ2) is 16.1. The zero-order valence-corrected chi connectivity index (χ0v) is 22.0. The van der Waals surface area contributed by atoms with E-state index in [2.05, 4.69) is 83.1 Å². The van der Waals surface area contributed by atoms with Gasteiger partial charge in [0, 0.05) is 24.3 Å². The summed E-state index contributed by atoms with van der Waals surface area (Å²) in [5.74, 6) is 0. The van der Waals surface area contributed by atoms with Gasteiger partial charge in [0.05, 0.1) is 0 Å². The van der Waals surface area contributed by atoms with E-state index in [4.69, 9.17) is 0 Å². The molecule has 150 valence electrons. The first-order valence-corrected chi connectivity index (χ1v) is 11.9. The summed E-state index contributed by atoms with van der Waals surface area (Å²) in [5.41, 5.74) is 4.78. The summed E-state index contributed by atoms with van der Waals surface area (Å²) < 4.78 is 2.20. The van der Waals surface area contributed by atoms with E-state index >= 15 is 0 Å². The van der Waals surface area contributed by atoms with Gasteiger partial charge in [-0.15, -0.1) is 11.3 Å². The smallest absolute Gasteiger partial charge is 0.0465 e. The molecule has 0 unspecified atom stereocenters. The molecule has 0 radical (unpaired) electrons. The summed E-state index contributed by atoms with van der Waals surface area (Å²) in [6.45, 7) is 24.0. The number of thiophene rings is 1. The molecule has 0 fully saturated rings. The van der Waals surface area contributed by atoms with Crippen molar-refractivity contribution in [3.63, 3.8) is 0 Å². The molecule has 2 aromatic rings. The quantitative estimate of drug-likeness (QED) is 0.381. The zero-order valence-electron chi connectivity index (χ0n) is 18.0. The lowest BCUT2D eigenvalue weighted by Gasteiger charge is -2.08. The Balaban J connectivity index is 0. The fourth-order valence-corrected chi connectivity index (χ4v) is 5.02. The van der Waals surface area contributed by atoms with Gasteiger partial charge in [-0.3, -0.25) is 0 Å². The lowest BCUT2D eigenvalue weighted by Crippen LogP contribution is -1.86. The minimum absolute atomic E-state index is 1.08. The van der Waals surface area contributed by atoms with Crippen molar-refractivity contribution in [3.05, 3.63) is 68.3 Å². The summed E-state index contributed by atoms with van der Waals surface area (Å²) in [6, 6.07) is 8.37. The van der Waals surface area contributed by atoms with Crippen LogP contribution >= 0.6 is 43.2 Å². The van der Waals surface area contributed by atoms with Crippen molar-refractivity contribution >= 4 is 65.4 Å². The molecular weight excluding hydrogens is 480 g/mol. The number of halogens is 2. The van der Waals surface area contributed by atoms with Crippen LogP contribution in [0.2, 0.25) is 0 Å². The fraction of sp³-hybridized carbons (Fsp3) is 0.333. The molecule has 0 saturated heterocycles. The summed E-state index contributed by atoms with van der Waals surface area (Å²) >= 11 is 9.19. The third-order valence-electron chi connectivity index (χ3n) is 3.35. The first kappa shape index (κ1) is 28.3. The molecule has 0 aliphatic heterocycles. The zero-order chi connectivity index (χ0) is 21.6. The number of hydrogen-bond donors (Lipinski definition) is 0. The minimum Gasteiger partial charge on any atom is -0.134 e. The molecule has 0 saturated carbocycles. The van der Waals surface area contributed by atoms with Crippen molar-refractivity contribution in [2.75, 3.05) is 0 Å². The van der Waals surface area contributed by atoms with E-state index in [0.717, 1.165) is 19.4 Å². The van der Waals surface area contributed by atoms with E-state index in [0.29, 0.717) is 0 Å². The van der Waals surface area contributed by atoms with Crippen LogP contribution in [0.25, 0.3) is 22.2 Å². The molecule has 0 aliphatic rings. The molecule has 0 nitrogen and oxygen atoms in total. The third-order valence-corrected chi connectivity index (χ3v) is 6.78. The van der Waals surface area contributed by atoms with Crippen molar-refractivity contribution in [2.45, 2.75) is 55.4 Å². The third kappa shape index (κ3) is 7.56. The fourth-order valence-electron chi connectivity index (χ4n) is 2.14. The molecule has 3 heteroatoms. The van der Waals surface area contributed by atoms with Gasteiger partial charge in [0.15, 0.2) is 0 Å². The van der Waals surface area contributed by atoms with E-state index in [1.165, 1.54) is 21.6 Å². The van der Waals surface area contributed by atoms with Gasteiger partial charge < -0.3 is 0 Å². The maximum atomic E-state index is 3.89. The summed E-state index contributed by atoms with van der Waals surface area (Å²) in [6.07, 6.45) is 3.75. The molecule has 0 bridgehead atoms. The molecular formula is C24H34Br2S. The van der Waals surface area contributed by atoms with Gasteiger partial charge in [0.1, 0.15) is 0 Å². The predicted octanol–water partition coefficient (Wildman–Crippen LogP) is 10.5. The summed E-state index contributed by atoms with van der Waals surface area (Å²) in [5, 5.41) is 0. The molecule has 2 rings (SSSR count). The van der Waals surface area contributed by atoms with Crippen LogP contribution in [0.4, 0.5) is 0 Å². The highest BCUT2D eigenvalue weighted by atomic mass is 79.9. The first-order chi connectivity index (χ1) is 13.0. The molecule has 1 heterocycles. The van der Waals surface area contributed by atoms with Gasteiger partial charge in [0.25, 0.3) is 0 Å². The lowest BCUT2D eigenvalue weighted by atomic mass is 10.1. The first-order valence-electron chi connectivity index (χ1n) is 9.51. The Hall–Kier alpha value is -0.900. The van der Waals surface area contributed by atoms with Crippen LogP contribution in [0.5, 0.6) is 0 Å². The number of allylic oxidation sites excluding steroid dienone is 1. The van der Waals surface area contributed by atoms with Crippen molar-refractivity contribution in [2.24, 2.45) is 0 Å². The monoisotopic (exact) mass is 512 g/mol. The topological polar surface area (TPSA) is 0 Å². The van der Waals surface area contributed by atoms with E-state index < -0.39 is 0 Å². The van der Waals surface area contributed by atoms with Gasteiger partial charge in [-0.05, 0) is 62.4 Å². The van der Waals surface area contributed by atoms with Crippen molar-refractivity contribution in [3.8, 4) is 0 Å². The Bertz CT molecular complexity index is 737. The average molecular weight is 514 g/mol. The highest BCUT2D eigenvalue weighted by Gasteiger charge is 2.16. The Morgan fingerprint density at radius 2 is 1.48 bits per heavy atom. The molecule has 27 heavy (non-hydrogen) atoms. The van der Waals surface area contributed by atoms with Gasteiger partial charge in [-0.25, -0.2) is 0 Å². The predicted molar refractivity (Wildman–Crippen MR) is 139 cm³/mol. The Morgan fingerprint density at radius 3 is 1.89 bits per heavy atom. The standard InChI is InChI=1S/C18H16Br2S.3C2H6/c1-5-13-15(6-2)21-18(17(13)20)12(4)16(19)14-10-8-7-9-11(14)3;3*1-2/h5-10H,1-2H2,3-4H3;3*1-2H3/b16-12-;;;. The van der Waals surface area contributed by atoms with Crippen molar-refractivity contribution in [1.29, 1.82) is 0 Å². The van der Waals surface area contributed by atoms with Crippen LogP contribution in [-0.2, 0) is 0 Å². The molecule has 0 spiro atoms. The van der Waals surface area contributed by atoms with Crippen LogP contribution in [0.3, 0.4) is 0 Å². The van der Waals surface area contributed by atoms with Gasteiger partial charge in [0.2, 0.25) is 0 Å². The lowest BCUT2D eigenvalue weighted by molar-refractivity contribution is 1.44. The van der Waals surface area contributed by atoms with Gasteiger partial charge in [-0.2, -0.15) is 0 Å². The Morgan fingerprint density at radius 1 is 0.963 bits per heavy atom. The van der Waals surface area contributed by atoms with Crippen LogP contribution in [0, 0.1) is 6.92 Å². The highest BCUT2D eigenvalue weighted by molar-refractivity contribution is 9.15. The highest BCUT2D eigenvalue weighted by Crippen LogP contribution is 2.43. The molecule has 1 aromatic heterocycles. The number of benzene rings is 1. The Kier molecular flexibility index (Phi) is 16.9. The second-order valence-corrected chi connectivity index (χ2v) is 7.32. The molecule has 0 amide bonds. The number of rotatable bonds is 4. The van der Waals surface area contributed by atoms with Crippen LogP contribution in [0.15, 0.2) is 41.9 Å². The molecule has 0 N–H and O–H groups in total. The van der Waals surface area contributed by atoms with E-state index in [-0.39, 0.29) is 0 Å². The average Bonchev–Trinajstić information content (AvgIpc) is 3.07. The SMILES string of the molecule is C=Cc1sc(/C(C)=C(\Br)c2ccccc2C)c(Br)c1C=C.CC.CC.CC. The maximum Gasteiger partial charge on any atom is 0.0465 e. The van der Waals surface area contributed by atoms with E-state index in [1.807, 2.05) is 53.7 Å². The van der Waals surface area contributed by atoms with Crippen LogP contribution in [-0.4, -0.2) is 0 Å². The molecule has 0 atom stereocenters. The van der Waals surface area contributed by atoms with E-state index in [1.54, 1.807) is 11.3 Å². The largest absolute Gasteiger partial charge is 0.134 e. The van der Waals surface area contributed by atoms with Crippen LogP contribution < -0.4 is 0 Å². The number of aryl methyl sites for hydroxylation is 1. The molecule has 0 aliphatic carbocycles. The summed E-state index contributed by atoms with van der Waals surface area (Å²) in [4.78, 5) is 2.34.